The molecule has 0 aromatic heterocycles. The minimum atomic E-state index is 0. The molecule has 0 bridgehead atoms. The highest BCUT2D eigenvalue weighted by Crippen LogP contribution is 2.03. The Balaban J connectivity index is 0.00000225. The molecule has 96 valence electrons. The Morgan fingerprint density at radius 2 is 2.12 bits per heavy atom. The Labute approximate surface area is 115 Å². The van der Waals surface area contributed by atoms with E-state index in [4.69, 9.17) is 10.5 Å². The lowest BCUT2D eigenvalue weighted by Gasteiger charge is -2.31. The standard InChI is InChI=1S/C10H22N4O.HI/c1-3-12-10(11)13-8-9(2)14-4-6-15-7-5-14;/h9H,3-8H2,1-2H3,(H3,11,12,13);1H. The van der Waals surface area contributed by atoms with Gasteiger partial charge in [-0.3, -0.25) is 9.89 Å². The summed E-state index contributed by atoms with van der Waals surface area (Å²) in [4.78, 5) is 6.67. The number of guanidine groups is 1. The fourth-order valence-corrected chi connectivity index (χ4v) is 1.60. The summed E-state index contributed by atoms with van der Waals surface area (Å²) in [5.41, 5.74) is 5.66. The molecule has 0 amide bonds. The van der Waals surface area contributed by atoms with Crippen LogP contribution in [0, 0.1) is 0 Å². The molecule has 1 saturated heterocycles. The Morgan fingerprint density at radius 1 is 1.50 bits per heavy atom. The summed E-state index contributed by atoms with van der Waals surface area (Å²) in [5.74, 6) is 0.539. The van der Waals surface area contributed by atoms with Gasteiger partial charge in [-0.1, -0.05) is 0 Å². The van der Waals surface area contributed by atoms with Gasteiger partial charge >= 0.3 is 0 Å². The molecule has 0 radical (unpaired) electrons. The van der Waals surface area contributed by atoms with E-state index in [9.17, 15) is 0 Å². The first-order chi connectivity index (χ1) is 7.24. The van der Waals surface area contributed by atoms with Crippen molar-refractivity contribution in [2.24, 2.45) is 10.7 Å². The molecule has 5 nitrogen and oxygen atoms in total. The minimum absolute atomic E-state index is 0. The highest BCUT2D eigenvalue weighted by atomic mass is 127. The number of morpholine rings is 1. The molecule has 1 atom stereocenters. The van der Waals surface area contributed by atoms with Gasteiger partial charge in [-0.15, -0.1) is 24.0 Å². The minimum Gasteiger partial charge on any atom is -0.379 e. The second-order valence-corrected chi connectivity index (χ2v) is 3.75. The van der Waals surface area contributed by atoms with Crippen LogP contribution < -0.4 is 11.1 Å². The van der Waals surface area contributed by atoms with Crippen LogP contribution in [0.2, 0.25) is 0 Å². The number of nitrogens with two attached hydrogens (primary N) is 1. The number of rotatable bonds is 4. The van der Waals surface area contributed by atoms with Gasteiger partial charge in [0, 0.05) is 25.7 Å². The molecule has 16 heavy (non-hydrogen) atoms. The average molecular weight is 342 g/mol. The van der Waals surface area contributed by atoms with Crippen molar-refractivity contribution < 1.29 is 4.74 Å². The summed E-state index contributed by atoms with van der Waals surface area (Å²) in [6, 6.07) is 0.436. The Kier molecular flexibility index (Phi) is 8.96. The van der Waals surface area contributed by atoms with Crippen molar-refractivity contribution in [2.45, 2.75) is 19.9 Å². The Hall–Kier alpha value is -0.0800. The van der Waals surface area contributed by atoms with Gasteiger partial charge in [0.05, 0.1) is 19.8 Å². The third-order valence-electron chi connectivity index (χ3n) is 2.55. The quantitative estimate of drug-likeness (QED) is 0.437. The number of hydrogen-bond donors (Lipinski definition) is 2. The van der Waals surface area contributed by atoms with Crippen LogP contribution in [0.3, 0.4) is 0 Å². The molecule has 0 aliphatic carbocycles. The SMILES string of the molecule is CCNC(N)=NCC(C)N1CCOCC1.I. The van der Waals surface area contributed by atoms with Crippen molar-refractivity contribution in [1.29, 1.82) is 0 Å². The fraction of sp³-hybridized carbons (Fsp3) is 0.900. The summed E-state index contributed by atoms with van der Waals surface area (Å²) in [5, 5.41) is 2.99. The lowest BCUT2D eigenvalue weighted by molar-refractivity contribution is 0.0220. The van der Waals surface area contributed by atoms with Crippen molar-refractivity contribution in [1.82, 2.24) is 10.2 Å². The third-order valence-corrected chi connectivity index (χ3v) is 2.55. The van der Waals surface area contributed by atoms with Gasteiger partial charge < -0.3 is 15.8 Å². The van der Waals surface area contributed by atoms with Crippen LogP contribution in [-0.2, 0) is 4.74 Å². The fourth-order valence-electron chi connectivity index (χ4n) is 1.60. The van der Waals surface area contributed by atoms with Crippen LogP contribution in [0.5, 0.6) is 0 Å². The predicted octanol–water partition coefficient (Wildman–Crippen LogP) is 0.249. The van der Waals surface area contributed by atoms with Crippen LogP contribution in [0.4, 0.5) is 0 Å². The van der Waals surface area contributed by atoms with Crippen LogP contribution in [-0.4, -0.2) is 56.3 Å². The van der Waals surface area contributed by atoms with Gasteiger partial charge in [-0.2, -0.15) is 0 Å². The molecule has 1 aliphatic rings. The summed E-state index contributed by atoms with van der Waals surface area (Å²) in [6.07, 6.45) is 0. The van der Waals surface area contributed by atoms with E-state index in [1.807, 2.05) is 6.92 Å². The Bertz CT molecular complexity index is 207. The van der Waals surface area contributed by atoms with E-state index in [-0.39, 0.29) is 24.0 Å². The molecule has 1 unspecified atom stereocenters. The first kappa shape index (κ1) is 15.9. The van der Waals surface area contributed by atoms with Crippen molar-refractivity contribution in [3.05, 3.63) is 0 Å². The number of halogens is 1. The second-order valence-electron chi connectivity index (χ2n) is 3.75. The van der Waals surface area contributed by atoms with Gasteiger partial charge in [0.2, 0.25) is 0 Å². The molecule has 0 saturated carbocycles. The van der Waals surface area contributed by atoms with Crippen molar-refractivity contribution in [3.63, 3.8) is 0 Å². The maximum Gasteiger partial charge on any atom is 0.188 e. The monoisotopic (exact) mass is 342 g/mol. The normalized spacial score (nSPS) is 20.0. The van der Waals surface area contributed by atoms with Gasteiger partial charge in [0.15, 0.2) is 5.96 Å². The molecule has 0 spiro atoms. The lowest BCUT2D eigenvalue weighted by atomic mass is 10.2. The highest BCUT2D eigenvalue weighted by Gasteiger charge is 2.16. The first-order valence-corrected chi connectivity index (χ1v) is 5.59. The Morgan fingerprint density at radius 3 is 2.69 bits per heavy atom. The summed E-state index contributed by atoms with van der Waals surface area (Å²) >= 11 is 0. The van der Waals surface area contributed by atoms with E-state index >= 15 is 0 Å². The van der Waals surface area contributed by atoms with Gasteiger partial charge in [0.1, 0.15) is 0 Å². The predicted molar refractivity (Wildman–Crippen MR) is 77.4 cm³/mol. The number of hydrogen-bond acceptors (Lipinski definition) is 3. The van der Waals surface area contributed by atoms with Crippen molar-refractivity contribution in [3.8, 4) is 0 Å². The summed E-state index contributed by atoms with van der Waals surface area (Å²) in [6.45, 7) is 9.41. The smallest absolute Gasteiger partial charge is 0.188 e. The van der Waals surface area contributed by atoms with Gasteiger partial charge in [-0.25, -0.2) is 0 Å². The average Bonchev–Trinajstić information content (AvgIpc) is 2.27. The second kappa shape index (κ2) is 9.00. The highest BCUT2D eigenvalue weighted by molar-refractivity contribution is 14.0. The zero-order chi connectivity index (χ0) is 11.1. The maximum absolute atomic E-state index is 5.66. The summed E-state index contributed by atoms with van der Waals surface area (Å²) in [7, 11) is 0. The van der Waals surface area contributed by atoms with Crippen LogP contribution >= 0.6 is 24.0 Å². The molecule has 0 aromatic rings. The molecule has 1 rings (SSSR count). The molecular weight excluding hydrogens is 319 g/mol. The van der Waals surface area contributed by atoms with E-state index in [1.54, 1.807) is 0 Å². The zero-order valence-corrected chi connectivity index (χ0v) is 12.4. The molecule has 1 aliphatic heterocycles. The van der Waals surface area contributed by atoms with E-state index in [0.29, 0.717) is 12.0 Å². The largest absolute Gasteiger partial charge is 0.379 e. The molecule has 3 N–H and O–H groups in total. The molecule has 6 heteroatoms. The van der Waals surface area contributed by atoms with E-state index in [0.717, 1.165) is 39.4 Å². The van der Waals surface area contributed by atoms with Crippen molar-refractivity contribution >= 4 is 29.9 Å². The van der Waals surface area contributed by atoms with Gasteiger partial charge in [0.25, 0.3) is 0 Å². The molecule has 1 heterocycles. The maximum atomic E-state index is 5.66. The summed E-state index contributed by atoms with van der Waals surface area (Å²) < 4.78 is 5.30. The zero-order valence-electron chi connectivity index (χ0n) is 10.1. The van der Waals surface area contributed by atoms with Gasteiger partial charge in [-0.05, 0) is 13.8 Å². The van der Waals surface area contributed by atoms with E-state index < -0.39 is 0 Å². The first-order valence-electron chi connectivity index (χ1n) is 5.59. The van der Waals surface area contributed by atoms with E-state index in [2.05, 4.69) is 22.1 Å². The van der Waals surface area contributed by atoms with Crippen LogP contribution in [0.25, 0.3) is 0 Å². The van der Waals surface area contributed by atoms with Crippen molar-refractivity contribution in [2.75, 3.05) is 39.4 Å². The third kappa shape index (κ3) is 5.86. The molecule has 0 aromatic carbocycles. The van der Waals surface area contributed by atoms with Crippen LogP contribution in [0.1, 0.15) is 13.8 Å². The number of nitrogens with one attached hydrogen (secondary N) is 1. The van der Waals surface area contributed by atoms with Crippen LogP contribution in [0.15, 0.2) is 4.99 Å². The number of nitrogens with zero attached hydrogens (tertiary/aromatic N) is 2. The van der Waals surface area contributed by atoms with E-state index in [1.165, 1.54) is 0 Å². The molecule has 1 fully saturated rings. The topological polar surface area (TPSA) is 62.9 Å². The lowest BCUT2D eigenvalue weighted by Crippen LogP contribution is -2.44. The molecular formula is C10H23IN4O. The number of aliphatic imine (C=N–C) groups is 1. The number of ether oxygens (including phenoxy) is 1.